The zero-order chi connectivity index (χ0) is 33.0. The minimum atomic E-state index is -1.35. The molecule has 0 spiro atoms. The molecule has 0 atom stereocenters. The Bertz CT molecular complexity index is 1380. The van der Waals surface area contributed by atoms with Gasteiger partial charge in [-0.05, 0) is 66.6 Å². The van der Waals surface area contributed by atoms with E-state index in [0.717, 1.165) is 36.8 Å². The zero-order valence-corrected chi connectivity index (χ0v) is 27.9. The van der Waals surface area contributed by atoms with Gasteiger partial charge in [0, 0.05) is 19.2 Å². The summed E-state index contributed by atoms with van der Waals surface area (Å²) in [5.41, 5.74) is 2.46. The summed E-state index contributed by atoms with van der Waals surface area (Å²) in [6, 6.07) is 20.7. The van der Waals surface area contributed by atoms with Crippen LogP contribution in [-0.4, -0.2) is 41.3 Å². The van der Waals surface area contributed by atoms with Crippen molar-refractivity contribution in [2.75, 3.05) is 19.0 Å². The number of carbonyl (C=O) groups is 2. The fourth-order valence-electron chi connectivity index (χ4n) is 4.69. The Morgan fingerprint density at radius 1 is 0.822 bits per heavy atom. The van der Waals surface area contributed by atoms with E-state index in [9.17, 15) is 14.7 Å². The van der Waals surface area contributed by atoms with E-state index >= 15 is 0 Å². The maximum Gasteiger partial charge on any atom is 0.347 e. The second-order valence-electron chi connectivity index (χ2n) is 12.9. The number of anilines is 1. The predicted octanol–water partition coefficient (Wildman–Crippen LogP) is 8.82. The Hall–Kier alpha value is -4.20. The number of carboxylic acids is 1. The third-order valence-corrected chi connectivity index (χ3v) is 7.65. The molecule has 3 rings (SSSR count). The summed E-state index contributed by atoms with van der Waals surface area (Å²) >= 11 is 0. The van der Waals surface area contributed by atoms with Gasteiger partial charge in [-0.15, -0.1) is 0 Å². The molecule has 0 aliphatic heterocycles. The summed E-state index contributed by atoms with van der Waals surface area (Å²) in [4.78, 5) is 27.0. The van der Waals surface area contributed by atoms with Crippen LogP contribution in [0.4, 0.5) is 10.5 Å². The summed E-state index contributed by atoms with van der Waals surface area (Å²) in [6.07, 6.45) is 5.38. The Morgan fingerprint density at radius 3 is 2.04 bits per heavy atom. The number of benzene rings is 3. The first-order chi connectivity index (χ1) is 21.3. The van der Waals surface area contributed by atoms with E-state index in [1.165, 1.54) is 25.8 Å². The normalized spacial score (nSPS) is 11.5. The number of hydrogen-bond acceptors (Lipinski definition) is 5. The zero-order valence-electron chi connectivity index (χ0n) is 27.9. The summed E-state index contributed by atoms with van der Waals surface area (Å²) in [5, 5.41) is 12.5. The molecule has 0 radical (unpaired) electrons. The molecule has 0 saturated heterocycles. The average molecular weight is 619 g/mol. The predicted molar refractivity (Wildman–Crippen MR) is 179 cm³/mol. The lowest BCUT2D eigenvalue weighted by Gasteiger charge is -2.25. The van der Waals surface area contributed by atoms with Crippen molar-refractivity contribution in [3.05, 3.63) is 83.4 Å². The van der Waals surface area contributed by atoms with E-state index in [1.54, 1.807) is 42.3 Å². The molecule has 0 unspecified atom stereocenters. The second-order valence-corrected chi connectivity index (χ2v) is 12.9. The largest absolute Gasteiger partial charge is 0.497 e. The summed E-state index contributed by atoms with van der Waals surface area (Å²) < 4.78 is 17.3. The lowest BCUT2D eigenvalue weighted by atomic mass is 9.87. The van der Waals surface area contributed by atoms with Crippen molar-refractivity contribution in [1.82, 2.24) is 4.90 Å². The molecular weight excluding hydrogens is 568 g/mol. The van der Waals surface area contributed by atoms with Crippen molar-refractivity contribution >= 4 is 17.7 Å². The number of aliphatic carboxylic acids is 1. The van der Waals surface area contributed by atoms with Crippen LogP contribution in [0.1, 0.15) is 90.3 Å². The molecule has 0 aliphatic rings. The van der Waals surface area contributed by atoms with Gasteiger partial charge in [-0.3, -0.25) is 0 Å². The molecule has 0 fully saturated rings. The lowest BCUT2D eigenvalue weighted by molar-refractivity contribution is -0.152. The minimum Gasteiger partial charge on any atom is -0.497 e. The first-order valence-corrected chi connectivity index (χ1v) is 15.8. The number of nitrogens with one attached hydrogen (secondary N) is 1. The van der Waals surface area contributed by atoms with E-state index in [4.69, 9.17) is 14.2 Å². The standard InChI is InChI=1S/C37H50N2O6/c1-8-9-10-11-12-23-39(25-27-15-19-30(20-16-27)45-37(5,6)34(40)41)35(42)38-32-22-21-31(43-7)24-33(32)44-26-28-13-17-29(18-14-28)36(2,3)4/h13-22,24H,8-12,23,25-26H2,1-7H3,(H,38,42)(H,40,41). The first kappa shape index (κ1) is 35.3. The van der Waals surface area contributed by atoms with Crippen LogP contribution < -0.4 is 19.5 Å². The van der Waals surface area contributed by atoms with Gasteiger partial charge < -0.3 is 29.5 Å². The van der Waals surface area contributed by atoms with E-state index in [0.29, 0.717) is 42.6 Å². The van der Waals surface area contributed by atoms with Crippen LogP contribution >= 0.6 is 0 Å². The first-order valence-electron chi connectivity index (χ1n) is 15.8. The molecule has 3 aromatic carbocycles. The number of urea groups is 1. The van der Waals surface area contributed by atoms with Gasteiger partial charge in [0.15, 0.2) is 5.60 Å². The van der Waals surface area contributed by atoms with Crippen molar-refractivity contribution in [3.63, 3.8) is 0 Å². The third kappa shape index (κ3) is 11.0. The molecule has 8 nitrogen and oxygen atoms in total. The van der Waals surface area contributed by atoms with Crippen molar-refractivity contribution < 1.29 is 28.9 Å². The molecule has 0 aromatic heterocycles. The van der Waals surface area contributed by atoms with E-state index in [1.807, 2.05) is 12.1 Å². The van der Waals surface area contributed by atoms with Crippen LogP contribution in [0.15, 0.2) is 66.7 Å². The molecule has 8 heteroatoms. The second kappa shape index (κ2) is 16.2. The van der Waals surface area contributed by atoms with Crippen LogP contribution in [0, 0.1) is 0 Å². The van der Waals surface area contributed by atoms with E-state index < -0.39 is 11.6 Å². The number of ether oxygens (including phenoxy) is 3. The Balaban J connectivity index is 1.75. The molecule has 2 amide bonds. The Labute approximate surface area is 268 Å². The van der Waals surface area contributed by atoms with E-state index in [2.05, 4.69) is 57.3 Å². The third-order valence-electron chi connectivity index (χ3n) is 7.65. The maximum atomic E-state index is 13.7. The Kier molecular flexibility index (Phi) is 12.7. The number of carbonyl (C=O) groups excluding carboxylic acids is 1. The monoisotopic (exact) mass is 618 g/mol. The van der Waals surface area contributed by atoms with Gasteiger partial charge in [0.1, 0.15) is 23.9 Å². The van der Waals surface area contributed by atoms with Gasteiger partial charge in [-0.25, -0.2) is 9.59 Å². The summed E-state index contributed by atoms with van der Waals surface area (Å²) in [6.45, 7) is 13.1. The fraction of sp³-hybridized carbons (Fsp3) is 0.459. The SMILES string of the molecule is CCCCCCCN(Cc1ccc(OC(C)(C)C(=O)O)cc1)C(=O)Nc1ccc(OC)cc1OCc1ccc(C(C)(C)C)cc1. The molecule has 0 bridgehead atoms. The number of methoxy groups -OCH3 is 1. The molecule has 3 aromatic rings. The molecule has 0 heterocycles. The number of unbranched alkanes of at least 4 members (excludes halogenated alkanes) is 4. The summed E-state index contributed by atoms with van der Waals surface area (Å²) in [7, 11) is 1.60. The van der Waals surface area contributed by atoms with Gasteiger partial charge >= 0.3 is 12.0 Å². The van der Waals surface area contributed by atoms with E-state index in [-0.39, 0.29) is 11.4 Å². The van der Waals surface area contributed by atoms with Crippen LogP contribution in [0.3, 0.4) is 0 Å². The van der Waals surface area contributed by atoms with Crippen LogP contribution in [0.25, 0.3) is 0 Å². The molecular formula is C37H50N2O6. The van der Waals surface area contributed by atoms with Gasteiger partial charge in [-0.2, -0.15) is 0 Å². The van der Waals surface area contributed by atoms with Crippen molar-refractivity contribution in [1.29, 1.82) is 0 Å². The quantitative estimate of drug-likeness (QED) is 0.156. The van der Waals surface area contributed by atoms with Crippen LogP contribution in [0.2, 0.25) is 0 Å². The van der Waals surface area contributed by atoms with Gasteiger partial charge in [0.2, 0.25) is 0 Å². The highest BCUT2D eigenvalue weighted by Crippen LogP contribution is 2.31. The van der Waals surface area contributed by atoms with Crippen molar-refractivity contribution in [2.45, 2.75) is 97.8 Å². The number of rotatable bonds is 16. The van der Waals surface area contributed by atoms with Crippen molar-refractivity contribution in [3.8, 4) is 17.2 Å². The smallest absolute Gasteiger partial charge is 0.347 e. The van der Waals surface area contributed by atoms with Gasteiger partial charge in [-0.1, -0.05) is 89.8 Å². The van der Waals surface area contributed by atoms with Crippen LogP contribution in [0.5, 0.6) is 17.2 Å². The minimum absolute atomic E-state index is 0.0680. The molecule has 45 heavy (non-hydrogen) atoms. The molecule has 244 valence electrons. The molecule has 0 aliphatic carbocycles. The molecule has 2 N–H and O–H groups in total. The highest BCUT2D eigenvalue weighted by atomic mass is 16.5. The van der Waals surface area contributed by atoms with Crippen LogP contribution in [-0.2, 0) is 23.4 Å². The average Bonchev–Trinajstić information content (AvgIpc) is 3.00. The van der Waals surface area contributed by atoms with Gasteiger partial charge in [0.05, 0.1) is 12.8 Å². The number of carboxylic acid groups (broad SMARTS) is 1. The maximum absolute atomic E-state index is 13.7. The highest BCUT2D eigenvalue weighted by molar-refractivity contribution is 5.91. The van der Waals surface area contributed by atoms with Crippen molar-refractivity contribution in [2.24, 2.45) is 0 Å². The number of hydrogen-bond donors (Lipinski definition) is 2. The number of nitrogens with zero attached hydrogens (tertiary/aromatic N) is 1. The number of amides is 2. The Morgan fingerprint density at radius 2 is 1.44 bits per heavy atom. The highest BCUT2D eigenvalue weighted by Gasteiger charge is 2.29. The lowest BCUT2D eigenvalue weighted by Crippen LogP contribution is -2.37. The fourth-order valence-corrected chi connectivity index (χ4v) is 4.69. The topological polar surface area (TPSA) is 97.3 Å². The summed E-state index contributed by atoms with van der Waals surface area (Å²) in [5.74, 6) is 0.563. The van der Waals surface area contributed by atoms with Gasteiger partial charge in [0.25, 0.3) is 0 Å². The molecule has 0 saturated carbocycles.